The molecule has 0 N–H and O–H groups in total. The molecule has 0 amide bonds. The maximum absolute atomic E-state index is 2.63. The lowest BCUT2D eigenvalue weighted by Gasteiger charge is -2.31. The largest absolute Gasteiger partial charge is 0.301 e. The minimum absolute atomic E-state index is 0.752. The Kier molecular flexibility index (Phi) is 8.26. The summed E-state index contributed by atoms with van der Waals surface area (Å²) in [6.45, 7) is 14.1. The average molecular weight is 199 g/mol. The summed E-state index contributed by atoms with van der Waals surface area (Å²) in [5.74, 6) is 0.830. The molecule has 1 nitrogen and oxygen atoms in total. The van der Waals surface area contributed by atoms with Gasteiger partial charge in [0.1, 0.15) is 0 Å². The first-order chi connectivity index (χ1) is 6.67. The molecular formula is C13H29N. The molecule has 0 aromatic heterocycles. The highest BCUT2D eigenvalue weighted by Gasteiger charge is 2.16. The van der Waals surface area contributed by atoms with Crippen molar-refractivity contribution in [1.29, 1.82) is 0 Å². The van der Waals surface area contributed by atoms with Crippen molar-refractivity contribution in [2.75, 3.05) is 13.1 Å². The topological polar surface area (TPSA) is 3.24 Å². The van der Waals surface area contributed by atoms with E-state index in [0.29, 0.717) is 0 Å². The van der Waals surface area contributed by atoms with Crippen LogP contribution in [0.3, 0.4) is 0 Å². The second-order valence-electron chi connectivity index (χ2n) is 4.46. The van der Waals surface area contributed by atoms with Gasteiger partial charge in [0.15, 0.2) is 0 Å². The van der Waals surface area contributed by atoms with Crippen molar-refractivity contribution < 1.29 is 0 Å². The quantitative estimate of drug-likeness (QED) is 0.535. The van der Waals surface area contributed by atoms with Gasteiger partial charge in [-0.05, 0) is 32.4 Å². The van der Waals surface area contributed by atoms with Crippen molar-refractivity contribution in [2.45, 2.75) is 66.3 Å². The molecule has 1 heteroatoms. The Hall–Kier alpha value is -0.0400. The lowest BCUT2D eigenvalue weighted by atomic mass is 9.99. The highest BCUT2D eigenvalue weighted by Crippen LogP contribution is 2.14. The van der Waals surface area contributed by atoms with Crippen LogP contribution >= 0.6 is 0 Å². The first-order valence-corrected chi connectivity index (χ1v) is 6.41. The molecule has 0 fully saturated rings. The molecule has 86 valence electrons. The van der Waals surface area contributed by atoms with E-state index < -0.39 is 0 Å². The van der Waals surface area contributed by atoms with E-state index in [1.165, 1.54) is 38.8 Å². The zero-order valence-electron chi connectivity index (χ0n) is 10.8. The molecule has 0 aromatic rings. The fourth-order valence-electron chi connectivity index (χ4n) is 1.92. The van der Waals surface area contributed by atoms with Crippen molar-refractivity contribution in [3.05, 3.63) is 0 Å². The van der Waals surface area contributed by atoms with Crippen molar-refractivity contribution in [1.82, 2.24) is 4.90 Å². The first kappa shape index (κ1) is 14.0. The summed E-state index contributed by atoms with van der Waals surface area (Å²) in [6.07, 6.45) is 5.37. The van der Waals surface area contributed by atoms with Crippen molar-refractivity contribution in [3.63, 3.8) is 0 Å². The Morgan fingerprint density at radius 3 is 2.07 bits per heavy atom. The van der Waals surface area contributed by atoms with E-state index in [-0.39, 0.29) is 0 Å². The van der Waals surface area contributed by atoms with Crippen LogP contribution in [0.25, 0.3) is 0 Å². The molecular weight excluding hydrogens is 170 g/mol. The first-order valence-electron chi connectivity index (χ1n) is 6.41. The third-order valence-corrected chi connectivity index (χ3v) is 3.50. The molecule has 0 aromatic carbocycles. The van der Waals surface area contributed by atoms with Crippen LogP contribution in [0.15, 0.2) is 0 Å². The third-order valence-electron chi connectivity index (χ3n) is 3.50. The van der Waals surface area contributed by atoms with Crippen LogP contribution < -0.4 is 0 Å². The van der Waals surface area contributed by atoms with Crippen LogP contribution in [0.1, 0.15) is 60.3 Å². The van der Waals surface area contributed by atoms with Crippen LogP contribution in [-0.2, 0) is 0 Å². The van der Waals surface area contributed by atoms with Gasteiger partial charge in [0.25, 0.3) is 0 Å². The Balaban J connectivity index is 3.85. The number of rotatable bonds is 8. The van der Waals surface area contributed by atoms with Gasteiger partial charge < -0.3 is 4.90 Å². The number of hydrogen-bond acceptors (Lipinski definition) is 1. The molecule has 0 radical (unpaired) electrons. The Morgan fingerprint density at radius 1 is 1.00 bits per heavy atom. The summed E-state index contributed by atoms with van der Waals surface area (Å²) in [6, 6.07) is 0.752. The van der Waals surface area contributed by atoms with Gasteiger partial charge in [-0.1, -0.05) is 47.0 Å². The van der Waals surface area contributed by atoms with Gasteiger partial charge in [-0.15, -0.1) is 0 Å². The highest BCUT2D eigenvalue weighted by molar-refractivity contribution is 4.71. The maximum atomic E-state index is 2.63. The number of nitrogens with zero attached hydrogens (tertiary/aromatic N) is 1. The molecule has 2 atom stereocenters. The van der Waals surface area contributed by atoms with E-state index in [1.54, 1.807) is 0 Å². The zero-order chi connectivity index (χ0) is 11.0. The maximum Gasteiger partial charge on any atom is 0.00923 e. The second kappa shape index (κ2) is 8.28. The van der Waals surface area contributed by atoms with Gasteiger partial charge in [-0.2, -0.15) is 0 Å². The number of hydrogen-bond donors (Lipinski definition) is 0. The molecule has 0 aliphatic heterocycles. The van der Waals surface area contributed by atoms with Crippen LogP contribution in [0.5, 0.6) is 0 Å². The van der Waals surface area contributed by atoms with Gasteiger partial charge in [-0.25, -0.2) is 0 Å². The van der Waals surface area contributed by atoms with E-state index in [1.807, 2.05) is 0 Å². The van der Waals surface area contributed by atoms with Crippen LogP contribution in [0.4, 0.5) is 0 Å². The fraction of sp³-hybridized carbons (Fsp3) is 1.00. The van der Waals surface area contributed by atoms with Gasteiger partial charge in [0.2, 0.25) is 0 Å². The Morgan fingerprint density at radius 2 is 1.64 bits per heavy atom. The van der Waals surface area contributed by atoms with Crippen molar-refractivity contribution in [2.24, 2.45) is 5.92 Å². The van der Waals surface area contributed by atoms with E-state index >= 15 is 0 Å². The van der Waals surface area contributed by atoms with E-state index in [0.717, 1.165) is 12.0 Å². The predicted octanol–water partition coefficient (Wildman–Crippen LogP) is 3.93. The van der Waals surface area contributed by atoms with Crippen molar-refractivity contribution >= 4 is 0 Å². The monoisotopic (exact) mass is 199 g/mol. The molecule has 14 heavy (non-hydrogen) atoms. The summed E-state index contributed by atoms with van der Waals surface area (Å²) in [7, 11) is 0. The van der Waals surface area contributed by atoms with E-state index in [9.17, 15) is 0 Å². The van der Waals surface area contributed by atoms with E-state index in [4.69, 9.17) is 0 Å². The summed E-state index contributed by atoms with van der Waals surface area (Å²) >= 11 is 0. The van der Waals surface area contributed by atoms with E-state index in [2.05, 4.69) is 39.5 Å². The number of unbranched alkanes of at least 4 members (excludes halogenated alkanes) is 2. The second-order valence-corrected chi connectivity index (χ2v) is 4.46. The molecule has 0 aliphatic rings. The fourth-order valence-corrected chi connectivity index (χ4v) is 1.92. The van der Waals surface area contributed by atoms with Gasteiger partial charge in [-0.3, -0.25) is 0 Å². The standard InChI is InChI=1S/C13H29N/c1-6-9-10-11-14(8-3)13(5)12(4)7-2/h12-13H,6-11H2,1-5H3. The molecule has 2 unspecified atom stereocenters. The summed E-state index contributed by atoms with van der Waals surface area (Å²) in [4.78, 5) is 2.63. The molecule has 0 saturated carbocycles. The van der Waals surface area contributed by atoms with Gasteiger partial charge >= 0.3 is 0 Å². The minimum Gasteiger partial charge on any atom is -0.301 e. The molecule has 0 spiro atoms. The summed E-state index contributed by atoms with van der Waals surface area (Å²) in [5, 5.41) is 0. The van der Waals surface area contributed by atoms with Gasteiger partial charge in [0, 0.05) is 6.04 Å². The van der Waals surface area contributed by atoms with Crippen LogP contribution in [0.2, 0.25) is 0 Å². The van der Waals surface area contributed by atoms with Gasteiger partial charge in [0.05, 0.1) is 0 Å². The zero-order valence-corrected chi connectivity index (χ0v) is 10.8. The molecule has 0 heterocycles. The van der Waals surface area contributed by atoms with Crippen LogP contribution in [0, 0.1) is 5.92 Å². The summed E-state index contributed by atoms with van der Waals surface area (Å²) < 4.78 is 0. The molecule has 0 saturated heterocycles. The molecule has 0 rings (SSSR count). The lowest BCUT2D eigenvalue weighted by Crippen LogP contribution is -2.38. The van der Waals surface area contributed by atoms with Crippen LogP contribution in [-0.4, -0.2) is 24.0 Å². The Bertz CT molecular complexity index is 122. The Labute approximate surface area is 90.9 Å². The summed E-state index contributed by atoms with van der Waals surface area (Å²) in [5.41, 5.74) is 0. The third kappa shape index (κ3) is 4.99. The smallest absolute Gasteiger partial charge is 0.00923 e. The highest BCUT2D eigenvalue weighted by atomic mass is 15.1. The minimum atomic E-state index is 0.752. The van der Waals surface area contributed by atoms with Crippen molar-refractivity contribution in [3.8, 4) is 0 Å². The average Bonchev–Trinajstić information content (AvgIpc) is 2.22. The SMILES string of the molecule is CCCCCN(CC)C(C)C(C)CC. The molecule has 0 aliphatic carbocycles. The molecule has 0 bridgehead atoms. The normalized spacial score (nSPS) is 15.9. The lowest BCUT2D eigenvalue weighted by molar-refractivity contribution is 0.164. The predicted molar refractivity (Wildman–Crippen MR) is 65.7 cm³/mol.